The molecule has 0 aromatic heterocycles. The highest BCUT2D eigenvalue weighted by atomic mass is 16.8. The third-order valence-electron chi connectivity index (χ3n) is 2.23. The fourth-order valence-electron chi connectivity index (χ4n) is 1.42. The van der Waals surface area contributed by atoms with Crippen molar-refractivity contribution in [3.63, 3.8) is 0 Å². The van der Waals surface area contributed by atoms with Gasteiger partial charge >= 0.3 is 0 Å². The number of para-hydroxylation sites is 2. The molecule has 0 atom stereocenters. The normalized spacial score (nSPS) is 11.3. The fourth-order valence-corrected chi connectivity index (χ4v) is 1.42. The monoisotopic (exact) mass is 202 g/mol. The highest BCUT2D eigenvalue weighted by molar-refractivity contribution is 5.52. The van der Waals surface area contributed by atoms with Crippen LogP contribution in [0.15, 0.2) is 60.7 Å². The summed E-state index contributed by atoms with van der Waals surface area (Å²) < 4.78 is 0. The maximum absolute atomic E-state index is 9.95. The zero-order chi connectivity index (χ0) is 10.7. The highest BCUT2D eigenvalue weighted by Crippen LogP contribution is 2.28. The minimum Gasteiger partial charge on any atom is -0.171 e. The molecule has 76 valence electrons. The van der Waals surface area contributed by atoms with Crippen LogP contribution in [-0.4, -0.2) is 10.4 Å². The lowest BCUT2D eigenvalue weighted by atomic mass is 10.2. The van der Waals surface area contributed by atoms with Crippen molar-refractivity contribution in [3.8, 4) is 0 Å². The predicted molar refractivity (Wildman–Crippen MR) is 57.9 cm³/mol. The zero-order valence-corrected chi connectivity index (χ0v) is 8.12. The van der Waals surface area contributed by atoms with Crippen LogP contribution in [0.4, 0.5) is 11.4 Å². The van der Waals surface area contributed by atoms with E-state index in [1.807, 2.05) is 12.1 Å². The number of hydrogen-bond donors (Lipinski definition) is 2. The third-order valence-corrected chi connectivity index (χ3v) is 2.23. The van der Waals surface area contributed by atoms with Crippen LogP contribution in [0.2, 0.25) is 0 Å². The molecule has 2 rings (SSSR count). The molecule has 0 saturated heterocycles. The summed E-state index contributed by atoms with van der Waals surface area (Å²) in [6, 6.07) is 17.3. The van der Waals surface area contributed by atoms with Gasteiger partial charge in [0.05, 0.1) is 0 Å². The van der Waals surface area contributed by atoms with Crippen LogP contribution in [0, 0.1) is 0 Å². The van der Waals surface area contributed by atoms with Gasteiger partial charge in [0.15, 0.2) is 0 Å². The van der Waals surface area contributed by atoms with Crippen LogP contribution in [0.1, 0.15) is 0 Å². The Labute approximate surface area is 88.0 Å². The van der Waals surface area contributed by atoms with Gasteiger partial charge in [-0.05, 0) is 0 Å². The summed E-state index contributed by atoms with van der Waals surface area (Å²) in [4.78, 5) is -1.22. The van der Waals surface area contributed by atoms with E-state index in [0.29, 0.717) is 11.4 Å². The molecule has 15 heavy (non-hydrogen) atoms. The fraction of sp³-hybridized carbons (Fsp3) is 0. The van der Waals surface area contributed by atoms with Crippen molar-refractivity contribution in [2.24, 2.45) is 0 Å². The average molecular weight is 202 g/mol. The van der Waals surface area contributed by atoms with Gasteiger partial charge in [-0.2, -0.15) is 10.4 Å². The first-order valence-electron chi connectivity index (χ1n) is 4.67. The molecule has 0 aliphatic carbocycles. The van der Waals surface area contributed by atoms with Crippen molar-refractivity contribution in [2.45, 2.75) is 0 Å². The molecule has 3 nitrogen and oxygen atoms in total. The van der Waals surface area contributed by atoms with Gasteiger partial charge in [-0.15, -0.1) is 0 Å². The van der Waals surface area contributed by atoms with E-state index in [4.69, 9.17) is 0 Å². The molecule has 0 amide bonds. The summed E-state index contributed by atoms with van der Waals surface area (Å²) in [6.45, 7) is 0. The van der Waals surface area contributed by atoms with E-state index >= 15 is 0 Å². The van der Waals surface area contributed by atoms with E-state index in [0.717, 1.165) is 0 Å². The second-order valence-corrected chi connectivity index (χ2v) is 3.27. The molecular formula is C12H12NO2+. The van der Waals surface area contributed by atoms with Gasteiger partial charge in [-0.3, -0.25) is 0 Å². The first kappa shape index (κ1) is 9.86. The number of benzene rings is 2. The van der Waals surface area contributed by atoms with Crippen LogP contribution in [0.5, 0.6) is 0 Å². The average Bonchev–Trinajstić information content (AvgIpc) is 2.31. The summed E-state index contributed by atoms with van der Waals surface area (Å²) in [7, 11) is 0. The molecule has 0 aliphatic heterocycles. The summed E-state index contributed by atoms with van der Waals surface area (Å²) in [6.07, 6.45) is 0. The minimum atomic E-state index is -1.22. The molecule has 0 bridgehead atoms. The lowest BCUT2D eigenvalue weighted by molar-refractivity contribution is -0.245. The minimum absolute atomic E-state index is 0.406. The molecule has 2 aromatic carbocycles. The van der Waals surface area contributed by atoms with E-state index in [-0.39, 0.29) is 0 Å². The van der Waals surface area contributed by atoms with Gasteiger partial charge in [0.1, 0.15) is 0 Å². The van der Waals surface area contributed by atoms with Crippen molar-refractivity contribution in [1.82, 2.24) is 4.81 Å². The first-order chi connectivity index (χ1) is 7.21. The molecule has 0 fully saturated rings. The summed E-state index contributed by atoms with van der Waals surface area (Å²) in [5.74, 6) is 0. The highest BCUT2D eigenvalue weighted by Gasteiger charge is 2.29. The van der Waals surface area contributed by atoms with Gasteiger partial charge in [0, 0.05) is 29.1 Å². The first-order valence-corrected chi connectivity index (χ1v) is 4.67. The Morgan fingerprint density at radius 2 is 0.933 bits per heavy atom. The van der Waals surface area contributed by atoms with Crippen LogP contribution in [-0.2, 0) is 0 Å². The largest absolute Gasteiger partial charge is 0.205 e. The maximum Gasteiger partial charge on any atom is 0.205 e. The lowest BCUT2D eigenvalue weighted by Crippen LogP contribution is -2.35. The van der Waals surface area contributed by atoms with E-state index in [2.05, 4.69) is 0 Å². The van der Waals surface area contributed by atoms with E-state index in [1.54, 1.807) is 48.5 Å². The number of rotatable bonds is 2. The summed E-state index contributed by atoms with van der Waals surface area (Å²) in [5.41, 5.74) is 0.812. The second-order valence-electron chi connectivity index (χ2n) is 3.27. The lowest BCUT2D eigenvalue weighted by Gasteiger charge is -2.19. The molecule has 2 aromatic rings. The van der Waals surface area contributed by atoms with Crippen molar-refractivity contribution in [1.29, 1.82) is 0 Å². The summed E-state index contributed by atoms with van der Waals surface area (Å²) >= 11 is 0. The number of nitrogens with zero attached hydrogens (tertiary/aromatic N) is 1. The smallest absolute Gasteiger partial charge is 0.171 e. The van der Waals surface area contributed by atoms with Crippen LogP contribution < -0.4 is 4.81 Å². The van der Waals surface area contributed by atoms with Crippen molar-refractivity contribution in [2.75, 3.05) is 0 Å². The molecule has 0 radical (unpaired) electrons. The topological polar surface area (TPSA) is 40.5 Å². The third kappa shape index (κ3) is 1.89. The predicted octanol–water partition coefficient (Wildman–Crippen LogP) is 3.10. The van der Waals surface area contributed by atoms with Gasteiger partial charge in [-0.25, -0.2) is 0 Å². The van der Waals surface area contributed by atoms with Crippen LogP contribution >= 0.6 is 0 Å². The zero-order valence-electron chi connectivity index (χ0n) is 8.12. The molecule has 0 aliphatic rings. The van der Waals surface area contributed by atoms with Crippen molar-refractivity contribution < 1.29 is 10.4 Å². The Bertz CT molecular complexity index is 384. The maximum atomic E-state index is 9.95. The second kappa shape index (κ2) is 3.82. The Morgan fingerprint density at radius 3 is 1.27 bits per heavy atom. The van der Waals surface area contributed by atoms with Gasteiger partial charge in [0.25, 0.3) is 0 Å². The Balaban J connectivity index is 2.44. The van der Waals surface area contributed by atoms with Gasteiger partial charge in [-0.1, -0.05) is 36.4 Å². The quantitative estimate of drug-likeness (QED) is 0.580. The van der Waals surface area contributed by atoms with Crippen LogP contribution in [0.3, 0.4) is 0 Å². The molecule has 2 N–H and O–H groups in total. The standard InChI is InChI=1S/C12H12NO2/c14-13(15,11-7-3-1-4-8-11)12-9-5-2-6-10-12/h1-10,14-15H/q+1. The number of hydrogen-bond acceptors (Lipinski definition) is 2. The van der Waals surface area contributed by atoms with Crippen molar-refractivity contribution in [3.05, 3.63) is 60.7 Å². The molecule has 0 saturated carbocycles. The van der Waals surface area contributed by atoms with Gasteiger partial charge in [0.2, 0.25) is 11.4 Å². The van der Waals surface area contributed by atoms with E-state index < -0.39 is 4.81 Å². The Hall–Kier alpha value is -1.68. The molecular weight excluding hydrogens is 190 g/mol. The Morgan fingerprint density at radius 1 is 0.600 bits per heavy atom. The van der Waals surface area contributed by atoms with Crippen molar-refractivity contribution >= 4 is 11.4 Å². The SMILES string of the molecule is O[N+](O)(c1ccccc1)c1ccccc1. The van der Waals surface area contributed by atoms with E-state index in [9.17, 15) is 10.4 Å². The molecule has 0 heterocycles. The van der Waals surface area contributed by atoms with Crippen LogP contribution in [0.25, 0.3) is 0 Å². The van der Waals surface area contributed by atoms with Gasteiger partial charge < -0.3 is 0 Å². The Kier molecular flexibility index (Phi) is 2.51. The summed E-state index contributed by atoms with van der Waals surface area (Å²) in [5, 5.41) is 19.9. The molecule has 3 heteroatoms. The molecule has 0 unspecified atom stereocenters. The molecule has 0 spiro atoms. The number of quaternary nitrogens is 1. The van der Waals surface area contributed by atoms with E-state index in [1.165, 1.54) is 0 Å².